The highest BCUT2D eigenvalue weighted by Crippen LogP contribution is 2.55. The molecule has 0 spiro atoms. The van der Waals surface area contributed by atoms with Gasteiger partial charge in [0, 0.05) is 12.1 Å². The molecule has 0 aliphatic heterocycles. The largest absolute Gasteiger partial charge is 0.350 e. The van der Waals surface area contributed by atoms with E-state index in [0.717, 1.165) is 37.0 Å². The summed E-state index contributed by atoms with van der Waals surface area (Å²) in [5.41, 5.74) is 0.391. The Labute approximate surface area is 186 Å². The van der Waals surface area contributed by atoms with Crippen LogP contribution in [0.4, 0.5) is 4.39 Å². The molecule has 1 N–H and O–H groups in total. The second-order valence-corrected chi connectivity index (χ2v) is 10.9. The molecule has 0 saturated heterocycles. The zero-order chi connectivity index (χ0) is 21.6. The first kappa shape index (κ1) is 20.7. The number of nitrogens with zero attached hydrogens (tertiary/aromatic N) is 3. The van der Waals surface area contributed by atoms with E-state index in [4.69, 9.17) is 0 Å². The Balaban J connectivity index is 1.32. The zero-order valence-corrected chi connectivity index (χ0v) is 18.7. The molecule has 1 aromatic heterocycles. The molecule has 1 amide bonds. The van der Waals surface area contributed by atoms with Crippen LogP contribution in [0.25, 0.3) is 11.4 Å². The number of amides is 1. The molecule has 164 valence electrons. The quantitative estimate of drug-likeness (QED) is 0.495. The summed E-state index contributed by atoms with van der Waals surface area (Å²) in [5.74, 6) is 2.53. The molecule has 2 aromatic rings. The Kier molecular flexibility index (Phi) is 5.40. The number of thioether (sulfide) groups is 1. The lowest BCUT2D eigenvalue weighted by atomic mass is 9.53. The van der Waals surface area contributed by atoms with Crippen LogP contribution in [0.3, 0.4) is 0 Å². The minimum absolute atomic E-state index is 0.00618. The number of allylic oxidation sites excluding steroid dienone is 1. The maximum Gasteiger partial charge on any atom is 0.233 e. The standard InChI is InChI=1S/C24H29FN4OS/c1-3-8-29-21(19-6-4-5-7-20(19)25)27-28-23(29)31-15(2)22(30)26-24-12-16-9-17(13-24)11-18(10-16)14-24/h3-7,15-18H,1,8-14H2,2H3,(H,26,30). The van der Waals surface area contributed by atoms with Crippen LogP contribution in [-0.2, 0) is 11.3 Å². The molecular weight excluding hydrogens is 411 g/mol. The minimum Gasteiger partial charge on any atom is -0.350 e. The molecule has 4 bridgehead atoms. The molecule has 5 nitrogen and oxygen atoms in total. The summed E-state index contributed by atoms with van der Waals surface area (Å²) in [4.78, 5) is 13.2. The monoisotopic (exact) mass is 440 g/mol. The Morgan fingerprint density at radius 3 is 2.52 bits per heavy atom. The molecule has 4 aliphatic carbocycles. The summed E-state index contributed by atoms with van der Waals surface area (Å²) in [6, 6.07) is 6.53. The zero-order valence-electron chi connectivity index (χ0n) is 17.9. The van der Waals surface area contributed by atoms with Gasteiger partial charge >= 0.3 is 0 Å². The lowest BCUT2D eigenvalue weighted by molar-refractivity contribution is -0.126. The molecule has 31 heavy (non-hydrogen) atoms. The number of aromatic nitrogens is 3. The highest BCUT2D eigenvalue weighted by atomic mass is 32.2. The van der Waals surface area contributed by atoms with E-state index in [9.17, 15) is 9.18 Å². The van der Waals surface area contributed by atoms with E-state index in [0.29, 0.717) is 23.1 Å². The SMILES string of the molecule is C=CCn1c(SC(C)C(=O)NC23CC4CC(CC(C4)C2)C3)nnc1-c1ccccc1F. The van der Waals surface area contributed by atoms with Gasteiger partial charge in [0.15, 0.2) is 11.0 Å². The van der Waals surface area contributed by atoms with Crippen molar-refractivity contribution in [3.63, 3.8) is 0 Å². The number of nitrogens with one attached hydrogen (secondary N) is 1. The fraction of sp³-hybridized carbons (Fsp3) is 0.542. The number of halogens is 1. The van der Waals surface area contributed by atoms with Gasteiger partial charge < -0.3 is 5.32 Å². The van der Waals surface area contributed by atoms with E-state index in [1.807, 2.05) is 11.5 Å². The first-order valence-electron chi connectivity index (χ1n) is 11.2. The molecule has 4 saturated carbocycles. The minimum atomic E-state index is -0.343. The predicted octanol–water partition coefficient (Wildman–Crippen LogP) is 4.84. The van der Waals surface area contributed by atoms with Crippen molar-refractivity contribution < 1.29 is 9.18 Å². The fourth-order valence-electron chi connectivity index (χ4n) is 6.35. The van der Waals surface area contributed by atoms with Crippen LogP contribution in [0.5, 0.6) is 0 Å². The molecule has 1 atom stereocenters. The molecule has 1 unspecified atom stereocenters. The van der Waals surface area contributed by atoms with Gasteiger partial charge in [-0.15, -0.1) is 16.8 Å². The summed E-state index contributed by atoms with van der Waals surface area (Å²) in [7, 11) is 0. The van der Waals surface area contributed by atoms with Crippen molar-refractivity contribution in [1.29, 1.82) is 0 Å². The maximum atomic E-state index is 14.3. The predicted molar refractivity (Wildman–Crippen MR) is 120 cm³/mol. The molecular formula is C24H29FN4OS. The third-order valence-corrected chi connectivity index (χ3v) is 8.30. The molecule has 7 heteroatoms. The van der Waals surface area contributed by atoms with Gasteiger partial charge in [-0.25, -0.2) is 4.39 Å². The van der Waals surface area contributed by atoms with Gasteiger partial charge in [-0.05, 0) is 75.3 Å². The summed E-state index contributed by atoms with van der Waals surface area (Å²) in [6.07, 6.45) is 9.18. The second-order valence-electron chi connectivity index (χ2n) is 9.63. The van der Waals surface area contributed by atoms with E-state index in [1.54, 1.807) is 24.3 Å². The molecule has 1 aromatic carbocycles. The Bertz CT molecular complexity index is 968. The van der Waals surface area contributed by atoms with E-state index in [-0.39, 0.29) is 22.5 Å². The van der Waals surface area contributed by atoms with Gasteiger partial charge in [0.05, 0.1) is 10.8 Å². The lowest BCUT2D eigenvalue weighted by Gasteiger charge is -2.57. The third-order valence-electron chi connectivity index (χ3n) is 7.22. The van der Waals surface area contributed by atoms with Crippen molar-refractivity contribution in [2.45, 2.75) is 67.9 Å². The van der Waals surface area contributed by atoms with Gasteiger partial charge in [0.1, 0.15) is 5.82 Å². The summed E-state index contributed by atoms with van der Waals surface area (Å²) >= 11 is 1.38. The number of benzene rings is 1. The van der Waals surface area contributed by atoms with Crippen LogP contribution in [-0.4, -0.2) is 31.5 Å². The van der Waals surface area contributed by atoms with Crippen LogP contribution in [0.15, 0.2) is 42.1 Å². The Hall–Kier alpha value is -2.15. The van der Waals surface area contributed by atoms with Crippen LogP contribution in [0, 0.1) is 23.6 Å². The number of carbonyl (C=O) groups is 1. The van der Waals surface area contributed by atoms with Gasteiger partial charge in [-0.1, -0.05) is 30.0 Å². The highest BCUT2D eigenvalue weighted by molar-refractivity contribution is 8.00. The van der Waals surface area contributed by atoms with Crippen LogP contribution in [0.2, 0.25) is 0 Å². The van der Waals surface area contributed by atoms with Crippen molar-refractivity contribution in [2.75, 3.05) is 0 Å². The smallest absolute Gasteiger partial charge is 0.233 e. The third kappa shape index (κ3) is 3.93. The summed E-state index contributed by atoms with van der Waals surface area (Å²) in [5, 5.41) is 12.3. The van der Waals surface area contributed by atoms with Gasteiger partial charge in [-0.3, -0.25) is 9.36 Å². The highest BCUT2D eigenvalue weighted by Gasteiger charge is 2.51. The normalized spacial score (nSPS) is 29.7. The van der Waals surface area contributed by atoms with Crippen LogP contribution >= 0.6 is 11.8 Å². The molecule has 4 fully saturated rings. The molecule has 1 heterocycles. The van der Waals surface area contributed by atoms with Crippen molar-refractivity contribution in [1.82, 2.24) is 20.1 Å². The molecule has 0 radical (unpaired) electrons. The van der Waals surface area contributed by atoms with Gasteiger partial charge in [0.2, 0.25) is 5.91 Å². The van der Waals surface area contributed by atoms with E-state index in [1.165, 1.54) is 37.1 Å². The summed E-state index contributed by atoms with van der Waals surface area (Å²) in [6.45, 7) is 6.17. The van der Waals surface area contributed by atoms with E-state index in [2.05, 4.69) is 22.1 Å². The average molecular weight is 441 g/mol. The van der Waals surface area contributed by atoms with Crippen LogP contribution < -0.4 is 5.32 Å². The topological polar surface area (TPSA) is 59.8 Å². The summed E-state index contributed by atoms with van der Waals surface area (Å²) < 4.78 is 16.2. The average Bonchev–Trinajstić information content (AvgIpc) is 3.09. The first-order chi connectivity index (χ1) is 15.0. The van der Waals surface area contributed by atoms with Crippen LogP contribution in [0.1, 0.15) is 45.4 Å². The van der Waals surface area contributed by atoms with Gasteiger partial charge in [-0.2, -0.15) is 0 Å². The number of hydrogen-bond donors (Lipinski definition) is 1. The number of hydrogen-bond acceptors (Lipinski definition) is 4. The Morgan fingerprint density at radius 2 is 1.90 bits per heavy atom. The number of rotatable bonds is 7. The number of carbonyl (C=O) groups excluding carboxylic acids is 1. The fourth-order valence-corrected chi connectivity index (χ4v) is 7.21. The van der Waals surface area contributed by atoms with E-state index >= 15 is 0 Å². The van der Waals surface area contributed by atoms with Crippen molar-refractivity contribution in [2.24, 2.45) is 17.8 Å². The lowest BCUT2D eigenvalue weighted by Crippen LogP contribution is -2.60. The van der Waals surface area contributed by atoms with Crippen molar-refractivity contribution in [3.8, 4) is 11.4 Å². The van der Waals surface area contributed by atoms with Crippen molar-refractivity contribution in [3.05, 3.63) is 42.7 Å². The van der Waals surface area contributed by atoms with Crippen molar-refractivity contribution >= 4 is 17.7 Å². The molecule has 6 rings (SSSR count). The molecule has 4 aliphatic rings. The Morgan fingerprint density at radius 1 is 1.26 bits per heavy atom. The second kappa shape index (κ2) is 8.08. The maximum absolute atomic E-state index is 14.3. The van der Waals surface area contributed by atoms with E-state index < -0.39 is 0 Å². The van der Waals surface area contributed by atoms with Gasteiger partial charge in [0.25, 0.3) is 0 Å². The first-order valence-corrected chi connectivity index (χ1v) is 12.1.